The van der Waals surface area contributed by atoms with Gasteiger partial charge < -0.3 is 10.4 Å². The quantitative estimate of drug-likeness (QED) is 0.818. The van der Waals surface area contributed by atoms with Gasteiger partial charge in [-0.2, -0.15) is 0 Å². The summed E-state index contributed by atoms with van der Waals surface area (Å²) >= 11 is 0. The van der Waals surface area contributed by atoms with Crippen molar-refractivity contribution in [2.75, 3.05) is 5.32 Å². The van der Waals surface area contributed by atoms with E-state index >= 15 is 0 Å². The van der Waals surface area contributed by atoms with Gasteiger partial charge >= 0.3 is 5.97 Å². The van der Waals surface area contributed by atoms with Crippen molar-refractivity contribution in [1.82, 2.24) is 4.98 Å². The summed E-state index contributed by atoms with van der Waals surface area (Å²) in [5.74, 6) is -0.654. The number of carbonyl (C=O) groups is 2. The molecule has 0 aliphatic rings. The van der Waals surface area contributed by atoms with Crippen LogP contribution >= 0.6 is 0 Å². The molecule has 1 heterocycles. The Labute approximate surface area is 99.9 Å². The molecule has 0 radical (unpaired) electrons. The van der Waals surface area contributed by atoms with Crippen LogP contribution in [0.5, 0.6) is 0 Å². The minimum absolute atomic E-state index is 0.0390. The van der Waals surface area contributed by atoms with Crippen molar-refractivity contribution < 1.29 is 14.7 Å². The van der Waals surface area contributed by atoms with E-state index < -0.39 is 11.4 Å². The van der Waals surface area contributed by atoms with Gasteiger partial charge in [-0.15, -0.1) is 0 Å². The van der Waals surface area contributed by atoms with E-state index in [-0.39, 0.29) is 18.7 Å². The maximum absolute atomic E-state index is 11.7. The van der Waals surface area contributed by atoms with Gasteiger partial charge in [-0.1, -0.05) is 19.9 Å². The Morgan fingerprint density at radius 3 is 2.59 bits per heavy atom. The lowest BCUT2D eigenvalue weighted by atomic mass is 9.85. The Balaban J connectivity index is 2.52. The zero-order valence-corrected chi connectivity index (χ0v) is 9.93. The van der Waals surface area contributed by atoms with Crippen molar-refractivity contribution in [3.8, 4) is 0 Å². The third-order valence-electron chi connectivity index (χ3n) is 2.20. The van der Waals surface area contributed by atoms with Gasteiger partial charge in [0.2, 0.25) is 5.91 Å². The molecule has 0 spiro atoms. The molecule has 92 valence electrons. The Hall–Kier alpha value is -1.91. The van der Waals surface area contributed by atoms with E-state index in [1.807, 2.05) is 0 Å². The van der Waals surface area contributed by atoms with Gasteiger partial charge in [0.1, 0.15) is 5.82 Å². The zero-order chi connectivity index (χ0) is 12.9. The molecule has 1 aromatic rings. The molecule has 5 heteroatoms. The number of carboxylic acids is 1. The summed E-state index contributed by atoms with van der Waals surface area (Å²) in [4.78, 5) is 26.2. The Morgan fingerprint density at radius 2 is 2.06 bits per heavy atom. The lowest BCUT2D eigenvalue weighted by Crippen LogP contribution is -2.25. The maximum atomic E-state index is 11.7. The van der Waals surface area contributed by atoms with Crippen molar-refractivity contribution in [2.45, 2.75) is 26.7 Å². The molecule has 0 saturated heterocycles. The lowest BCUT2D eigenvalue weighted by molar-refractivity contribution is -0.139. The largest absolute Gasteiger partial charge is 0.481 e. The molecule has 0 aliphatic heterocycles. The Morgan fingerprint density at radius 1 is 1.35 bits per heavy atom. The first-order valence-electron chi connectivity index (χ1n) is 5.32. The standard InChI is InChI=1S/C12H16N2O3/c1-12(2,8-11(16)17)7-10(15)14-9-5-3-4-6-13-9/h3-6H,7-8H2,1-2H3,(H,16,17)(H,13,14,15). The van der Waals surface area contributed by atoms with Gasteiger partial charge in [-0.25, -0.2) is 4.98 Å². The van der Waals surface area contributed by atoms with Crippen LogP contribution in [0.1, 0.15) is 26.7 Å². The smallest absolute Gasteiger partial charge is 0.303 e. The Kier molecular flexibility index (Phi) is 4.20. The third kappa shape index (κ3) is 5.10. The summed E-state index contributed by atoms with van der Waals surface area (Å²) in [5.41, 5.74) is -0.565. The van der Waals surface area contributed by atoms with Crippen molar-refractivity contribution in [3.05, 3.63) is 24.4 Å². The predicted octanol–water partition coefficient (Wildman–Crippen LogP) is 1.91. The Bertz CT molecular complexity index is 401. The fraction of sp³-hybridized carbons (Fsp3) is 0.417. The van der Waals surface area contributed by atoms with E-state index in [0.29, 0.717) is 5.82 Å². The molecule has 2 N–H and O–H groups in total. The zero-order valence-electron chi connectivity index (χ0n) is 9.93. The normalized spacial score (nSPS) is 10.9. The highest BCUT2D eigenvalue weighted by atomic mass is 16.4. The van der Waals surface area contributed by atoms with Crippen LogP contribution in [0, 0.1) is 5.41 Å². The molecule has 0 bridgehead atoms. The molecule has 0 atom stereocenters. The number of carbonyl (C=O) groups excluding carboxylic acids is 1. The van der Waals surface area contributed by atoms with Crippen LogP contribution in [0.15, 0.2) is 24.4 Å². The summed E-state index contributed by atoms with van der Waals surface area (Å²) in [7, 11) is 0. The third-order valence-corrected chi connectivity index (χ3v) is 2.20. The lowest BCUT2D eigenvalue weighted by Gasteiger charge is -2.21. The number of aliphatic carboxylic acids is 1. The van der Waals surface area contributed by atoms with Crippen LogP contribution in [0.3, 0.4) is 0 Å². The number of nitrogens with zero attached hydrogens (tertiary/aromatic N) is 1. The first-order valence-corrected chi connectivity index (χ1v) is 5.32. The van der Waals surface area contributed by atoms with Gasteiger partial charge in [-0.3, -0.25) is 9.59 Å². The van der Waals surface area contributed by atoms with Gasteiger partial charge in [0.25, 0.3) is 0 Å². The highest BCUT2D eigenvalue weighted by Crippen LogP contribution is 2.25. The minimum Gasteiger partial charge on any atom is -0.481 e. The van der Waals surface area contributed by atoms with Crippen LogP contribution in [0.4, 0.5) is 5.82 Å². The first-order chi connectivity index (χ1) is 7.89. The number of pyridine rings is 1. The number of nitrogens with one attached hydrogen (secondary N) is 1. The SMILES string of the molecule is CC(C)(CC(=O)O)CC(=O)Nc1ccccn1. The van der Waals surface area contributed by atoms with Gasteiger partial charge in [0, 0.05) is 12.6 Å². The van der Waals surface area contributed by atoms with E-state index in [1.165, 1.54) is 0 Å². The molecule has 0 fully saturated rings. The average molecular weight is 236 g/mol. The number of carboxylic acid groups (broad SMARTS) is 1. The number of hydrogen-bond acceptors (Lipinski definition) is 3. The number of hydrogen-bond donors (Lipinski definition) is 2. The minimum atomic E-state index is -0.902. The number of aromatic nitrogens is 1. The van der Waals surface area contributed by atoms with Crippen LogP contribution < -0.4 is 5.32 Å². The molecule has 1 rings (SSSR count). The fourth-order valence-corrected chi connectivity index (χ4v) is 1.53. The second-order valence-corrected chi connectivity index (χ2v) is 4.67. The molecule has 0 aliphatic carbocycles. The molecule has 17 heavy (non-hydrogen) atoms. The van der Waals surface area contributed by atoms with E-state index in [1.54, 1.807) is 38.2 Å². The van der Waals surface area contributed by atoms with Crippen LogP contribution in [0.2, 0.25) is 0 Å². The summed E-state index contributed by atoms with van der Waals surface area (Å²) < 4.78 is 0. The first kappa shape index (κ1) is 13.2. The summed E-state index contributed by atoms with van der Waals surface area (Å²) in [5, 5.41) is 11.3. The molecular formula is C12H16N2O3. The van der Waals surface area contributed by atoms with Crippen molar-refractivity contribution in [2.24, 2.45) is 5.41 Å². The molecule has 0 saturated carbocycles. The number of rotatable bonds is 5. The van der Waals surface area contributed by atoms with E-state index in [2.05, 4.69) is 10.3 Å². The van der Waals surface area contributed by atoms with E-state index in [9.17, 15) is 9.59 Å². The number of amides is 1. The number of anilines is 1. The van der Waals surface area contributed by atoms with Crippen molar-refractivity contribution >= 4 is 17.7 Å². The second kappa shape index (κ2) is 5.43. The summed E-state index contributed by atoms with van der Waals surface area (Å²) in [6.07, 6.45) is 1.69. The predicted molar refractivity (Wildman–Crippen MR) is 63.5 cm³/mol. The van der Waals surface area contributed by atoms with Gasteiger partial charge in [0.05, 0.1) is 6.42 Å². The van der Waals surface area contributed by atoms with Crippen LogP contribution in [-0.2, 0) is 9.59 Å². The molecule has 0 aromatic carbocycles. The van der Waals surface area contributed by atoms with Crippen LogP contribution in [-0.4, -0.2) is 22.0 Å². The highest BCUT2D eigenvalue weighted by molar-refractivity contribution is 5.90. The highest BCUT2D eigenvalue weighted by Gasteiger charge is 2.25. The monoisotopic (exact) mass is 236 g/mol. The van der Waals surface area contributed by atoms with Gasteiger partial charge in [-0.05, 0) is 17.5 Å². The van der Waals surface area contributed by atoms with Crippen molar-refractivity contribution in [1.29, 1.82) is 0 Å². The second-order valence-electron chi connectivity index (χ2n) is 4.67. The topological polar surface area (TPSA) is 79.3 Å². The molecule has 5 nitrogen and oxygen atoms in total. The van der Waals surface area contributed by atoms with Gasteiger partial charge in [0.15, 0.2) is 0 Å². The fourth-order valence-electron chi connectivity index (χ4n) is 1.53. The van der Waals surface area contributed by atoms with E-state index in [0.717, 1.165) is 0 Å². The van der Waals surface area contributed by atoms with Crippen LogP contribution in [0.25, 0.3) is 0 Å². The average Bonchev–Trinajstić information content (AvgIpc) is 2.15. The molecular weight excluding hydrogens is 220 g/mol. The maximum Gasteiger partial charge on any atom is 0.303 e. The molecule has 0 unspecified atom stereocenters. The summed E-state index contributed by atoms with van der Waals surface area (Å²) in [6.45, 7) is 3.50. The molecule has 1 amide bonds. The molecule has 1 aromatic heterocycles. The summed E-state index contributed by atoms with van der Waals surface area (Å²) in [6, 6.07) is 5.21. The van der Waals surface area contributed by atoms with Crippen molar-refractivity contribution in [3.63, 3.8) is 0 Å². The van der Waals surface area contributed by atoms with E-state index in [4.69, 9.17) is 5.11 Å².